The maximum atomic E-state index is 5.36. The summed E-state index contributed by atoms with van der Waals surface area (Å²) in [5, 5.41) is 5.03. The minimum atomic E-state index is 0.729. The van der Waals surface area contributed by atoms with E-state index in [1.54, 1.807) is 0 Å². The van der Waals surface area contributed by atoms with Gasteiger partial charge in [0, 0.05) is 22.9 Å². The average Bonchev–Trinajstić information content (AvgIpc) is 3.18. The second kappa shape index (κ2) is 12.9. The van der Waals surface area contributed by atoms with Crippen LogP contribution in [0.15, 0.2) is 176 Å². The molecule has 0 radical (unpaired) electrons. The van der Waals surface area contributed by atoms with Crippen LogP contribution in [0.1, 0.15) is 34.7 Å². The predicted molar refractivity (Wildman–Crippen MR) is 214 cm³/mol. The third kappa shape index (κ3) is 5.32. The molecular formula is C48H36N2. The highest BCUT2D eigenvalue weighted by atomic mass is 14.8. The number of aromatic nitrogens is 1. The summed E-state index contributed by atoms with van der Waals surface area (Å²) in [6.45, 7) is 12.9. The van der Waals surface area contributed by atoms with Crippen molar-refractivity contribution >= 4 is 38.5 Å². The summed E-state index contributed by atoms with van der Waals surface area (Å²) in [4.78, 5) is 10.0. The lowest BCUT2D eigenvalue weighted by atomic mass is 9.78. The third-order valence-electron chi connectivity index (χ3n) is 9.73. The lowest BCUT2D eigenvalue weighted by Crippen LogP contribution is -2.14. The van der Waals surface area contributed by atoms with Gasteiger partial charge >= 0.3 is 0 Å². The number of hydrogen-bond donors (Lipinski definition) is 0. The standard InChI is InChI=1S/C48H36N2/c1-5-7-15-33(6-2)36-28-37(30-38(29-36)45-22-12-13-27-49-45)35-25-23-34(24-26-35)32(4)50-48-44-19-11-10-18-41(44)43-21-14-20-42-40-17-9-8-16-39(40)31(3)46(48)47(42)43/h5-30H,2,4H2,1,3H3/b7-5-,33-15+,50-48?. The first-order valence-corrected chi connectivity index (χ1v) is 17.0. The van der Waals surface area contributed by atoms with Crippen LogP contribution in [0.5, 0.6) is 0 Å². The lowest BCUT2D eigenvalue weighted by molar-refractivity contribution is 1.32. The zero-order valence-electron chi connectivity index (χ0n) is 28.3. The molecule has 6 aromatic carbocycles. The highest BCUT2D eigenvalue weighted by molar-refractivity contribution is 6.33. The van der Waals surface area contributed by atoms with E-state index in [0.717, 1.165) is 56.1 Å². The molecule has 0 aliphatic heterocycles. The second-order valence-corrected chi connectivity index (χ2v) is 12.7. The molecule has 1 heterocycles. The molecule has 0 amide bonds. The van der Waals surface area contributed by atoms with Crippen LogP contribution < -0.4 is 0 Å². The van der Waals surface area contributed by atoms with E-state index in [1.165, 1.54) is 43.8 Å². The lowest BCUT2D eigenvalue weighted by Gasteiger charge is -2.26. The smallest absolute Gasteiger partial charge is 0.0797 e. The van der Waals surface area contributed by atoms with Crippen LogP contribution in [0.4, 0.5) is 0 Å². The second-order valence-electron chi connectivity index (χ2n) is 12.7. The van der Waals surface area contributed by atoms with E-state index >= 15 is 0 Å². The van der Waals surface area contributed by atoms with E-state index in [-0.39, 0.29) is 0 Å². The molecule has 0 unspecified atom stereocenters. The van der Waals surface area contributed by atoms with Crippen molar-refractivity contribution in [3.05, 3.63) is 199 Å². The molecule has 1 aromatic heterocycles. The van der Waals surface area contributed by atoms with Gasteiger partial charge in [-0.05, 0) is 110 Å². The Hall–Kier alpha value is -6.38. The molecule has 0 N–H and O–H groups in total. The van der Waals surface area contributed by atoms with Crippen LogP contribution in [0.3, 0.4) is 0 Å². The normalized spacial score (nSPS) is 13.2. The molecule has 238 valence electrons. The molecule has 0 spiro atoms. The fraction of sp³-hybridized carbons (Fsp3) is 0.0417. The number of nitrogens with zero attached hydrogens (tertiary/aromatic N) is 2. The summed E-state index contributed by atoms with van der Waals surface area (Å²) in [5.41, 5.74) is 15.0. The van der Waals surface area contributed by atoms with Gasteiger partial charge in [0.2, 0.25) is 0 Å². The highest BCUT2D eigenvalue weighted by Gasteiger charge is 2.27. The van der Waals surface area contributed by atoms with E-state index in [2.05, 4.69) is 140 Å². The molecule has 0 bridgehead atoms. The Labute approximate surface area is 293 Å². The van der Waals surface area contributed by atoms with E-state index < -0.39 is 0 Å². The highest BCUT2D eigenvalue weighted by Crippen LogP contribution is 2.45. The average molecular weight is 641 g/mol. The molecule has 0 saturated heterocycles. The van der Waals surface area contributed by atoms with E-state index in [4.69, 9.17) is 4.99 Å². The number of hydrogen-bond acceptors (Lipinski definition) is 2. The maximum Gasteiger partial charge on any atom is 0.0797 e. The number of benzene rings is 6. The van der Waals surface area contributed by atoms with Crippen molar-refractivity contribution in [1.29, 1.82) is 0 Å². The Kier molecular flexibility index (Phi) is 7.98. The Morgan fingerprint density at radius 3 is 2.12 bits per heavy atom. The van der Waals surface area contributed by atoms with Crippen molar-refractivity contribution in [3.63, 3.8) is 0 Å². The van der Waals surface area contributed by atoms with Gasteiger partial charge in [0.15, 0.2) is 0 Å². The van der Waals surface area contributed by atoms with Gasteiger partial charge in [0.05, 0.1) is 17.1 Å². The van der Waals surface area contributed by atoms with Crippen molar-refractivity contribution in [3.8, 4) is 33.5 Å². The van der Waals surface area contributed by atoms with Crippen LogP contribution in [0.25, 0.3) is 66.3 Å². The summed E-state index contributed by atoms with van der Waals surface area (Å²) >= 11 is 0. The molecule has 2 nitrogen and oxygen atoms in total. The molecular weight excluding hydrogens is 605 g/mol. The molecule has 1 aliphatic rings. The van der Waals surface area contributed by atoms with Gasteiger partial charge in [-0.3, -0.25) is 4.98 Å². The molecule has 1 aliphatic carbocycles. The summed E-state index contributed by atoms with van der Waals surface area (Å²) in [6.07, 6.45) is 9.89. The summed E-state index contributed by atoms with van der Waals surface area (Å²) in [7, 11) is 0. The number of allylic oxidation sites excluding steroid dienone is 5. The number of pyridine rings is 1. The molecule has 8 rings (SSSR count). The first kappa shape index (κ1) is 30.9. The van der Waals surface area contributed by atoms with E-state index in [0.29, 0.717) is 0 Å². The number of aliphatic imine (C=N–C) groups is 1. The van der Waals surface area contributed by atoms with Crippen molar-refractivity contribution in [2.45, 2.75) is 13.8 Å². The predicted octanol–water partition coefficient (Wildman–Crippen LogP) is 12.7. The largest absolute Gasteiger partial charge is 0.256 e. The van der Waals surface area contributed by atoms with Gasteiger partial charge in [-0.15, -0.1) is 0 Å². The van der Waals surface area contributed by atoms with Crippen LogP contribution in [-0.4, -0.2) is 10.7 Å². The quantitative estimate of drug-likeness (QED) is 0.126. The SMILES string of the molecule is C=C/C(=C\C=C/C)c1cc(-c2ccc(C(=C)N=C3c4ccccc4-c4cccc5c4c3c(C)c3ccccc35)cc2)cc(-c2ccccn2)c1. The first-order valence-electron chi connectivity index (χ1n) is 17.0. The number of aryl methyl sites for hydroxylation is 1. The monoisotopic (exact) mass is 640 g/mol. The minimum absolute atomic E-state index is 0.729. The van der Waals surface area contributed by atoms with Crippen LogP contribution in [0.2, 0.25) is 0 Å². The van der Waals surface area contributed by atoms with E-state index in [1.807, 2.05) is 49.5 Å². The molecule has 0 atom stereocenters. The van der Waals surface area contributed by atoms with Crippen molar-refractivity contribution in [2.24, 2.45) is 4.99 Å². The number of fused-ring (bicyclic) bond motifs is 4. The molecule has 50 heavy (non-hydrogen) atoms. The van der Waals surface area contributed by atoms with Gasteiger partial charge in [0.25, 0.3) is 0 Å². The summed E-state index contributed by atoms with van der Waals surface area (Å²) in [6, 6.07) is 45.2. The summed E-state index contributed by atoms with van der Waals surface area (Å²) < 4.78 is 0. The van der Waals surface area contributed by atoms with Gasteiger partial charge < -0.3 is 0 Å². The number of rotatable bonds is 7. The Morgan fingerprint density at radius 2 is 1.36 bits per heavy atom. The Morgan fingerprint density at radius 1 is 0.660 bits per heavy atom. The van der Waals surface area contributed by atoms with Gasteiger partial charge in [-0.1, -0.05) is 135 Å². The summed E-state index contributed by atoms with van der Waals surface area (Å²) in [5.74, 6) is 0. The first-order chi connectivity index (χ1) is 24.6. The molecule has 0 saturated carbocycles. The van der Waals surface area contributed by atoms with Crippen LogP contribution in [0, 0.1) is 6.92 Å². The van der Waals surface area contributed by atoms with Crippen LogP contribution in [-0.2, 0) is 0 Å². The fourth-order valence-corrected chi connectivity index (χ4v) is 7.29. The molecule has 7 aromatic rings. The zero-order chi connectivity index (χ0) is 34.2. The maximum absolute atomic E-state index is 5.36. The minimum Gasteiger partial charge on any atom is -0.256 e. The Bertz CT molecular complexity index is 2560. The molecule has 2 heteroatoms. The van der Waals surface area contributed by atoms with Gasteiger partial charge in [0.1, 0.15) is 0 Å². The van der Waals surface area contributed by atoms with Crippen molar-refractivity contribution in [2.75, 3.05) is 0 Å². The topological polar surface area (TPSA) is 25.2 Å². The zero-order valence-corrected chi connectivity index (χ0v) is 28.3. The fourth-order valence-electron chi connectivity index (χ4n) is 7.29. The molecule has 0 fully saturated rings. The van der Waals surface area contributed by atoms with E-state index in [9.17, 15) is 0 Å². The van der Waals surface area contributed by atoms with Crippen LogP contribution >= 0.6 is 0 Å². The van der Waals surface area contributed by atoms with Crippen molar-refractivity contribution in [1.82, 2.24) is 4.98 Å². The Balaban J connectivity index is 1.23. The van der Waals surface area contributed by atoms with Gasteiger partial charge in [-0.2, -0.15) is 0 Å². The van der Waals surface area contributed by atoms with Gasteiger partial charge in [-0.25, -0.2) is 4.99 Å². The van der Waals surface area contributed by atoms with Crippen molar-refractivity contribution < 1.29 is 0 Å². The third-order valence-corrected chi connectivity index (χ3v) is 9.73.